The number of benzene rings is 2. The van der Waals surface area contributed by atoms with Crippen molar-refractivity contribution < 1.29 is 20.1 Å². The van der Waals surface area contributed by atoms with Crippen LogP contribution >= 0.6 is 0 Å². The number of carbonyl (C=O) groups is 1. The van der Waals surface area contributed by atoms with Gasteiger partial charge in [0, 0.05) is 24.0 Å². The maximum Gasteiger partial charge on any atom is 0.346 e. The molecule has 2 aromatic rings. The second-order valence-corrected chi connectivity index (χ2v) is 6.56. The summed E-state index contributed by atoms with van der Waals surface area (Å²) >= 11 is 0. The van der Waals surface area contributed by atoms with E-state index in [0.29, 0.717) is 0 Å². The number of hydrogen-bond acceptors (Lipinski definition) is 5. The summed E-state index contributed by atoms with van der Waals surface area (Å²) in [7, 11) is 0. The quantitative estimate of drug-likeness (QED) is 0.305. The van der Waals surface area contributed by atoms with E-state index in [-0.39, 0.29) is 17.1 Å². The van der Waals surface area contributed by atoms with Crippen LogP contribution in [0.5, 0.6) is 11.5 Å². The Morgan fingerprint density at radius 3 is 2.62 bits per heavy atom. The van der Waals surface area contributed by atoms with Gasteiger partial charge < -0.3 is 20.2 Å². The molecule has 1 aliphatic heterocycles. The minimum absolute atomic E-state index is 0.139. The van der Waals surface area contributed by atoms with Crippen molar-refractivity contribution in [1.29, 1.82) is 5.26 Å². The number of nitrogens with zero attached hydrogens (tertiary/aromatic N) is 2. The fourth-order valence-corrected chi connectivity index (χ4v) is 3.21. The molecule has 0 saturated carbocycles. The van der Waals surface area contributed by atoms with Gasteiger partial charge in [-0.2, -0.15) is 5.26 Å². The molecule has 0 amide bonds. The van der Waals surface area contributed by atoms with Crippen LogP contribution in [0.4, 0.5) is 11.4 Å². The van der Waals surface area contributed by atoms with E-state index in [1.807, 2.05) is 18.2 Å². The van der Waals surface area contributed by atoms with Crippen LogP contribution in [-0.2, 0) is 11.2 Å². The number of carboxylic acid groups (broad SMARTS) is 1. The maximum absolute atomic E-state index is 10.7. The Kier molecular flexibility index (Phi) is 6.00. The van der Waals surface area contributed by atoms with Crippen molar-refractivity contribution in [2.45, 2.75) is 12.8 Å². The second kappa shape index (κ2) is 8.81. The largest absolute Gasteiger partial charge is 0.504 e. The lowest BCUT2D eigenvalue weighted by molar-refractivity contribution is -0.132. The van der Waals surface area contributed by atoms with Crippen LogP contribution in [0.2, 0.25) is 0 Å². The normalized spacial score (nSPS) is 14.2. The molecule has 6 heteroatoms. The molecule has 0 spiro atoms. The first-order chi connectivity index (χ1) is 14.0. The molecule has 0 atom stereocenters. The molecule has 0 unspecified atom stereocenters. The molecule has 6 nitrogen and oxygen atoms in total. The van der Waals surface area contributed by atoms with Crippen molar-refractivity contribution in [3.63, 3.8) is 0 Å². The summed E-state index contributed by atoms with van der Waals surface area (Å²) in [4.78, 5) is 12.9. The molecule has 0 aromatic heterocycles. The number of anilines is 2. The summed E-state index contributed by atoms with van der Waals surface area (Å²) in [6.07, 6.45) is 10.0. The van der Waals surface area contributed by atoms with Crippen LogP contribution in [0.15, 0.2) is 66.3 Å². The van der Waals surface area contributed by atoms with Gasteiger partial charge in [-0.25, -0.2) is 4.79 Å². The van der Waals surface area contributed by atoms with E-state index < -0.39 is 5.97 Å². The van der Waals surface area contributed by atoms with Gasteiger partial charge in [0.25, 0.3) is 0 Å². The van der Waals surface area contributed by atoms with Crippen molar-refractivity contribution in [1.82, 2.24) is 0 Å². The van der Waals surface area contributed by atoms with Gasteiger partial charge in [-0.1, -0.05) is 30.4 Å². The third-order valence-corrected chi connectivity index (χ3v) is 4.62. The van der Waals surface area contributed by atoms with Crippen molar-refractivity contribution in [3.05, 3.63) is 77.4 Å². The molecule has 0 bridgehead atoms. The van der Waals surface area contributed by atoms with Gasteiger partial charge in [-0.3, -0.25) is 0 Å². The molecule has 0 aliphatic carbocycles. The third kappa shape index (κ3) is 4.66. The predicted molar refractivity (Wildman–Crippen MR) is 111 cm³/mol. The summed E-state index contributed by atoms with van der Waals surface area (Å²) < 4.78 is 0. The van der Waals surface area contributed by atoms with E-state index >= 15 is 0 Å². The Balaban J connectivity index is 1.78. The SMILES string of the molecule is N#CC(=CC=CC=Cc1ccc2c(c1)CCCN2c1ccc(O)c(O)c1)C(=O)O. The fourth-order valence-electron chi connectivity index (χ4n) is 3.21. The summed E-state index contributed by atoms with van der Waals surface area (Å²) in [5, 5.41) is 36.8. The molecule has 1 aliphatic rings. The van der Waals surface area contributed by atoms with Crippen LogP contribution in [0.25, 0.3) is 6.08 Å². The first kappa shape index (κ1) is 19.8. The van der Waals surface area contributed by atoms with Crippen LogP contribution in [0.3, 0.4) is 0 Å². The zero-order valence-electron chi connectivity index (χ0n) is 15.6. The number of aliphatic carboxylic acids is 1. The first-order valence-corrected chi connectivity index (χ1v) is 9.10. The molecular formula is C23H20N2O4. The van der Waals surface area contributed by atoms with Gasteiger partial charge in [0.15, 0.2) is 11.5 Å². The number of phenols is 2. The lowest BCUT2D eigenvalue weighted by Crippen LogP contribution is -2.24. The van der Waals surface area contributed by atoms with Gasteiger partial charge in [0.05, 0.1) is 0 Å². The molecule has 0 saturated heterocycles. The fraction of sp³-hybridized carbons (Fsp3) is 0.130. The van der Waals surface area contributed by atoms with Crippen LogP contribution in [0.1, 0.15) is 17.5 Å². The van der Waals surface area contributed by atoms with Crippen molar-refractivity contribution in [2.75, 3.05) is 11.4 Å². The molecule has 0 radical (unpaired) electrons. The smallest absolute Gasteiger partial charge is 0.346 e. The standard InChI is InChI=1S/C23H20N2O4/c24-15-18(23(28)29)6-3-1-2-5-16-8-10-20-17(13-16)7-4-12-25(20)19-9-11-21(26)22(27)14-19/h1-3,5-6,8-11,13-14,26-27H,4,7,12H2,(H,28,29). The minimum Gasteiger partial charge on any atom is -0.504 e. The van der Waals surface area contributed by atoms with E-state index in [4.69, 9.17) is 10.4 Å². The van der Waals surface area contributed by atoms with E-state index in [1.54, 1.807) is 30.4 Å². The molecule has 3 rings (SSSR count). The lowest BCUT2D eigenvalue weighted by Gasteiger charge is -2.31. The Morgan fingerprint density at radius 1 is 1.07 bits per heavy atom. The number of fused-ring (bicyclic) bond motifs is 1. The molecule has 2 aromatic carbocycles. The van der Waals surface area contributed by atoms with Crippen molar-refractivity contribution >= 4 is 23.4 Å². The van der Waals surface area contributed by atoms with Gasteiger partial charge in [0.2, 0.25) is 0 Å². The average molecular weight is 388 g/mol. The van der Waals surface area contributed by atoms with Gasteiger partial charge in [0.1, 0.15) is 11.6 Å². The third-order valence-electron chi connectivity index (χ3n) is 4.62. The van der Waals surface area contributed by atoms with Gasteiger partial charge in [-0.05, 0) is 54.3 Å². The Bertz CT molecular complexity index is 1060. The Labute approximate surface area is 168 Å². The highest BCUT2D eigenvalue weighted by Gasteiger charge is 2.19. The van der Waals surface area contributed by atoms with Gasteiger partial charge >= 0.3 is 5.97 Å². The lowest BCUT2D eigenvalue weighted by atomic mass is 9.98. The maximum atomic E-state index is 10.7. The monoisotopic (exact) mass is 388 g/mol. The number of aryl methyl sites for hydroxylation is 1. The predicted octanol–water partition coefficient (Wildman–Crippen LogP) is 4.29. The number of phenolic OH excluding ortho intramolecular Hbond substituents is 2. The van der Waals surface area contributed by atoms with E-state index in [9.17, 15) is 15.0 Å². The molecule has 146 valence electrons. The molecule has 29 heavy (non-hydrogen) atoms. The zero-order chi connectivity index (χ0) is 20.8. The molecule has 1 heterocycles. The Morgan fingerprint density at radius 2 is 1.90 bits per heavy atom. The van der Waals surface area contributed by atoms with Crippen molar-refractivity contribution in [2.24, 2.45) is 0 Å². The number of nitriles is 1. The molecule has 0 fully saturated rings. The van der Waals surface area contributed by atoms with E-state index in [1.165, 1.54) is 23.8 Å². The summed E-state index contributed by atoms with van der Waals surface area (Å²) in [6.45, 7) is 0.826. The number of rotatable bonds is 5. The van der Waals surface area contributed by atoms with E-state index in [2.05, 4.69) is 11.0 Å². The highest BCUT2D eigenvalue weighted by Crippen LogP contribution is 2.37. The summed E-state index contributed by atoms with van der Waals surface area (Å²) in [5.74, 6) is -1.53. The molecule has 3 N–H and O–H groups in total. The number of hydrogen-bond donors (Lipinski definition) is 3. The number of aromatic hydroxyl groups is 2. The topological polar surface area (TPSA) is 105 Å². The Hall–Kier alpha value is -3.98. The average Bonchev–Trinajstić information content (AvgIpc) is 2.71. The highest BCUT2D eigenvalue weighted by molar-refractivity contribution is 5.91. The second-order valence-electron chi connectivity index (χ2n) is 6.56. The summed E-state index contributed by atoms with van der Waals surface area (Å²) in [5.41, 5.74) is 3.77. The number of allylic oxidation sites excluding steroid dienone is 4. The van der Waals surface area contributed by atoms with E-state index in [0.717, 1.165) is 36.3 Å². The van der Waals surface area contributed by atoms with Crippen LogP contribution in [0, 0.1) is 11.3 Å². The van der Waals surface area contributed by atoms with Crippen molar-refractivity contribution in [3.8, 4) is 17.6 Å². The molecular weight excluding hydrogens is 368 g/mol. The highest BCUT2D eigenvalue weighted by atomic mass is 16.4. The first-order valence-electron chi connectivity index (χ1n) is 9.10. The van der Waals surface area contributed by atoms with Crippen LogP contribution in [-0.4, -0.2) is 27.8 Å². The van der Waals surface area contributed by atoms with Crippen LogP contribution < -0.4 is 4.90 Å². The minimum atomic E-state index is -1.25. The summed E-state index contributed by atoms with van der Waals surface area (Å²) in [6, 6.07) is 12.6. The number of carboxylic acids is 1. The zero-order valence-corrected chi connectivity index (χ0v) is 15.6. The van der Waals surface area contributed by atoms with Gasteiger partial charge in [-0.15, -0.1) is 0 Å².